The molecular weight excluding hydrogens is 713 g/mol. The van der Waals surface area contributed by atoms with Gasteiger partial charge in [0.1, 0.15) is 11.5 Å². The quantitative estimate of drug-likeness (QED) is 0.0920. The molecule has 0 bridgehead atoms. The van der Waals surface area contributed by atoms with Gasteiger partial charge in [-0.2, -0.15) is 0 Å². The molecule has 1 aliphatic heterocycles. The van der Waals surface area contributed by atoms with Crippen molar-refractivity contribution in [3.63, 3.8) is 0 Å². The van der Waals surface area contributed by atoms with Crippen LogP contribution < -0.4 is 19.7 Å². The predicted octanol–water partition coefficient (Wildman–Crippen LogP) is 11.2. The van der Waals surface area contributed by atoms with E-state index in [0.717, 1.165) is 22.5 Å². The first-order valence-electron chi connectivity index (χ1n) is 18.8. The molecule has 0 radical (unpaired) electrons. The summed E-state index contributed by atoms with van der Waals surface area (Å²) in [7, 11) is 0. The summed E-state index contributed by atoms with van der Waals surface area (Å²) < 4.78 is 18.9. The summed E-state index contributed by atoms with van der Waals surface area (Å²) in [5.41, 5.74) is 7.77. The van der Waals surface area contributed by atoms with Crippen molar-refractivity contribution in [1.29, 1.82) is 0 Å². The Balaban J connectivity index is 1.49. The Bertz CT molecular complexity index is 2490. The van der Waals surface area contributed by atoms with E-state index in [-0.39, 0.29) is 11.5 Å². The lowest BCUT2D eigenvalue weighted by Crippen LogP contribution is -2.22. The molecule has 6 aromatic rings. The summed E-state index contributed by atoms with van der Waals surface area (Å²) in [5, 5.41) is 3.54. The fourth-order valence-electron chi connectivity index (χ4n) is 7.00. The highest BCUT2D eigenvalue weighted by molar-refractivity contribution is 5.98. The number of carbonyl (C=O) groups is 3. The van der Waals surface area contributed by atoms with Crippen molar-refractivity contribution < 1.29 is 28.6 Å². The SMILES string of the molecule is C=Cc1ccc(C(=O)Oc2cc(N(CC)CC)ccc2-c2c(C)c(Nc3ccccc3)cc(C3OC(=O)c4ccccc43)c2OC(=O)c2ccc(C=C)cc2)cc1. The Kier molecular flexibility index (Phi) is 11.1. The van der Waals surface area contributed by atoms with Crippen LogP contribution in [-0.4, -0.2) is 31.0 Å². The second kappa shape index (κ2) is 16.7. The highest BCUT2D eigenvalue weighted by Crippen LogP contribution is 2.50. The molecule has 0 aromatic heterocycles. The average Bonchev–Trinajstić information content (AvgIpc) is 3.58. The van der Waals surface area contributed by atoms with E-state index in [1.807, 2.05) is 73.7 Å². The normalized spacial score (nSPS) is 12.9. The first-order valence-corrected chi connectivity index (χ1v) is 18.8. The van der Waals surface area contributed by atoms with Gasteiger partial charge in [-0.25, -0.2) is 14.4 Å². The van der Waals surface area contributed by atoms with Crippen LogP contribution in [0.25, 0.3) is 23.3 Å². The van der Waals surface area contributed by atoms with Gasteiger partial charge >= 0.3 is 17.9 Å². The maximum absolute atomic E-state index is 14.2. The molecule has 1 unspecified atom stereocenters. The highest BCUT2D eigenvalue weighted by Gasteiger charge is 2.37. The highest BCUT2D eigenvalue weighted by atomic mass is 16.6. The largest absolute Gasteiger partial charge is 0.449 e. The lowest BCUT2D eigenvalue weighted by Gasteiger charge is -2.26. The second-order valence-corrected chi connectivity index (χ2v) is 13.5. The molecule has 8 heteroatoms. The minimum absolute atomic E-state index is 0.154. The molecule has 0 spiro atoms. The molecule has 284 valence electrons. The van der Waals surface area contributed by atoms with Crippen molar-refractivity contribution >= 4 is 47.1 Å². The first kappa shape index (κ1) is 38.1. The summed E-state index contributed by atoms with van der Waals surface area (Å²) in [6.45, 7) is 15.1. The molecular formula is C49H42N2O6. The third-order valence-electron chi connectivity index (χ3n) is 10.1. The average molecular weight is 755 g/mol. The van der Waals surface area contributed by atoms with Gasteiger partial charge in [-0.05, 0) is 98.1 Å². The molecule has 7 rings (SSSR count). The van der Waals surface area contributed by atoms with Gasteiger partial charge in [-0.15, -0.1) is 0 Å². The van der Waals surface area contributed by atoms with E-state index in [0.29, 0.717) is 63.3 Å². The minimum atomic E-state index is -0.931. The monoisotopic (exact) mass is 754 g/mol. The van der Waals surface area contributed by atoms with Crippen molar-refractivity contribution in [1.82, 2.24) is 0 Å². The van der Waals surface area contributed by atoms with Gasteiger partial charge in [0.15, 0.2) is 6.10 Å². The number of hydrogen-bond donors (Lipinski definition) is 1. The van der Waals surface area contributed by atoms with Crippen molar-refractivity contribution in [2.24, 2.45) is 0 Å². The van der Waals surface area contributed by atoms with E-state index in [1.54, 1.807) is 72.8 Å². The smallest absolute Gasteiger partial charge is 0.343 e. The fraction of sp³-hybridized carbons (Fsp3) is 0.122. The van der Waals surface area contributed by atoms with E-state index in [4.69, 9.17) is 14.2 Å². The number of para-hydroxylation sites is 1. The van der Waals surface area contributed by atoms with Gasteiger partial charge in [-0.1, -0.05) is 86.0 Å². The Labute approximate surface area is 332 Å². The van der Waals surface area contributed by atoms with Gasteiger partial charge in [-0.3, -0.25) is 0 Å². The van der Waals surface area contributed by atoms with Crippen molar-refractivity contribution in [2.75, 3.05) is 23.3 Å². The zero-order chi connectivity index (χ0) is 40.1. The fourth-order valence-corrected chi connectivity index (χ4v) is 7.00. The van der Waals surface area contributed by atoms with Crippen molar-refractivity contribution in [3.05, 3.63) is 185 Å². The minimum Gasteiger partial charge on any atom is -0.449 e. The topological polar surface area (TPSA) is 94.2 Å². The molecule has 0 fully saturated rings. The van der Waals surface area contributed by atoms with E-state index in [1.165, 1.54) is 0 Å². The van der Waals surface area contributed by atoms with Crippen LogP contribution in [0, 0.1) is 6.92 Å². The number of nitrogens with zero attached hydrogens (tertiary/aromatic N) is 1. The van der Waals surface area contributed by atoms with Crippen LogP contribution in [0.15, 0.2) is 141 Å². The molecule has 1 atom stereocenters. The molecule has 0 aliphatic carbocycles. The predicted molar refractivity (Wildman–Crippen MR) is 227 cm³/mol. The summed E-state index contributed by atoms with van der Waals surface area (Å²) in [5.74, 6) is -1.29. The number of anilines is 3. The third kappa shape index (κ3) is 7.84. The van der Waals surface area contributed by atoms with Crippen LogP contribution in [0.5, 0.6) is 11.5 Å². The number of nitrogens with one attached hydrogen (secondary N) is 1. The molecule has 0 amide bonds. The summed E-state index contributed by atoms with van der Waals surface area (Å²) in [6, 6.07) is 38.2. The summed E-state index contributed by atoms with van der Waals surface area (Å²) in [6.07, 6.45) is 2.46. The molecule has 1 N–H and O–H groups in total. The number of hydrogen-bond acceptors (Lipinski definition) is 8. The third-order valence-corrected chi connectivity index (χ3v) is 10.1. The molecule has 6 aromatic carbocycles. The maximum Gasteiger partial charge on any atom is 0.343 e. The van der Waals surface area contributed by atoms with Gasteiger partial charge in [0.05, 0.1) is 16.7 Å². The lowest BCUT2D eigenvalue weighted by atomic mass is 9.89. The van der Waals surface area contributed by atoms with Crippen LogP contribution in [0.4, 0.5) is 17.1 Å². The Morgan fingerprint density at radius 1 is 0.719 bits per heavy atom. The lowest BCUT2D eigenvalue weighted by molar-refractivity contribution is 0.0451. The number of carbonyl (C=O) groups excluding carboxylic acids is 3. The maximum atomic E-state index is 14.2. The molecule has 0 saturated carbocycles. The van der Waals surface area contributed by atoms with Crippen LogP contribution >= 0.6 is 0 Å². The Morgan fingerprint density at radius 2 is 1.32 bits per heavy atom. The van der Waals surface area contributed by atoms with Gasteiger partial charge in [0.2, 0.25) is 0 Å². The number of ether oxygens (including phenoxy) is 3. The van der Waals surface area contributed by atoms with Gasteiger partial charge in [0.25, 0.3) is 0 Å². The van der Waals surface area contributed by atoms with E-state index in [9.17, 15) is 14.4 Å². The van der Waals surface area contributed by atoms with Crippen LogP contribution in [0.3, 0.4) is 0 Å². The van der Waals surface area contributed by atoms with Crippen LogP contribution in [-0.2, 0) is 4.74 Å². The Hall–Kier alpha value is -7.19. The van der Waals surface area contributed by atoms with Crippen molar-refractivity contribution in [2.45, 2.75) is 26.9 Å². The van der Waals surface area contributed by atoms with Crippen molar-refractivity contribution in [3.8, 4) is 22.6 Å². The number of cyclic esters (lactones) is 1. The number of rotatable bonds is 13. The van der Waals surface area contributed by atoms with Gasteiger partial charge < -0.3 is 24.4 Å². The molecule has 1 aliphatic rings. The molecule has 57 heavy (non-hydrogen) atoms. The van der Waals surface area contributed by atoms with E-state index < -0.39 is 24.0 Å². The molecule has 1 heterocycles. The zero-order valence-corrected chi connectivity index (χ0v) is 32.1. The standard InChI is InChI=1S/C49H42N2O6/c1-6-32-19-23-34(24-20-32)47(52)55-43-29-37(51(8-3)9-4)27-28-40(43)44-31(5)42(50-36-15-11-10-12-16-36)30-41(45-38-17-13-14-18-39(38)49(54)56-45)46(44)57-48(53)35-25-21-33(7-2)22-26-35/h6-7,10-30,45,50H,1-2,8-9H2,3-5H3. The zero-order valence-electron chi connectivity index (χ0n) is 32.1. The number of benzene rings is 6. The molecule has 8 nitrogen and oxygen atoms in total. The first-order chi connectivity index (χ1) is 27.7. The molecule has 0 saturated heterocycles. The Morgan fingerprint density at radius 3 is 1.93 bits per heavy atom. The second-order valence-electron chi connectivity index (χ2n) is 13.5. The van der Waals surface area contributed by atoms with Crippen LogP contribution in [0.2, 0.25) is 0 Å². The van der Waals surface area contributed by atoms with Gasteiger partial charge in [0, 0.05) is 58.5 Å². The van der Waals surface area contributed by atoms with Crippen LogP contribution in [0.1, 0.15) is 78.8 Å². The number of fused-ring (bicyclic) bond motifs is 1. The van der Waals surface area contributed by atoms with E-state index in [2.05, 4.69) is 37.2 Å². The summed E-state index contributed by atoms with van der Waals surface area (Å²) in [4.78, 5) is 43.6. The summed E-state index contributed by atoms with van der Waals surface area (Å²) >= 11 is 0. The van der Waals surface area contributed by atoms with E-state index >= 15 is 0 Å². The number of esters is 3.